The van der Waals surface area contributed by atoms with Crippen LogP contribution in [0.15, 0.2) is 18.2 Å². The first-order valence-corrected chi connectivity index (χ1v) is 6.36. The van der Waals surface area contributed by atoms with Crippen molar-refractivity contribution < 1.29 is 19.2 Å². The average molecular weight is 282 g/mol. The summed E-state index contributed by atoms with van der Waals surface area (Å²) in [5, 5.41) is 19.9. The van der Waals surface area contributed by atoms with Crippen molar-refractivity contribution in [3.05, 3.63) is 39.7 Å². The van der Waals surface area contributed by atoms with Crippen LogP contribution in [-0.2, 0) is 11.3 Å². The van der Waals surface area contributed by atoms with Gasteiger partial charge in [-0.1, -0.05) is 6.07 Å². The highest BCUT2D eigenvalue weighted by Crippen LogP contribution is 2.25. The highest BCUT2D eigenvalue weighted by Gasteiger charge is 2.27. The lowest BCUT2D eigenvalue weighted by atomic mass is 9.97. The lowest BCUT2D eigenvalue weighted by molar-refractivity contribution is -0.386. The summed E-state index contributed by atoms with van der Waals surface area (Å²) >= 11 is 0. The van der Waals surface area contributed by atoms with Crippen LogP contribution in [0.4, 0.5) is 10.1 Å². The van der Waals surface area contributed by atoms with Crippen molar-refractivity contribution in [3.8, 4) is 0 Å². The smallest absolute Gasteiger partial charge is 0.307 e. The number of hydrogen-bond donors (Lipinski definition) is 1. The number of nitro groups is 1. The molecule has 108 valence electrons. The summed E-state index contributed by atoms with van der Waals surface area (Å²) in [5.41, 5.74) is -0.244. The van der Waals surface area contributed by atoms with E-state index < -0.39 is 22.6 Å². The maximum Gasteiger partial charge on any atom is 0.307 e. The number of nitrogens with zero attached hydrogens (tertiary/aromatic N) is 2. The summed E-state index contributed by atoms with van der Waals surface area (Å²) in [5.74, 6) is -2.00. The van der Waals surface area contributed by atoms with Crippen molar-refractivity contribution in [1.82, 2.24) is 4.90 Å². The van der Waals surface area contributed by atoms with Gasteiger partial charge in [-0.25, -0.2) is 4.39 Å². The van der Waals surface area contributed by atoms with Crippen LogP contribution in [0.5, 0.6) is 0 Å². The molecular formula is C13H15FN2O4. The fourth-order valence-electron chi connectivity index (χ4n) is 2.50. The van der Waals surface area contributed by atoms with E-state index in [-0.39, 0.29) is 17.8 Å². The van der Waals surface area contributed by atoms with Gasteiger partial charge in [-0.15, -0.1) is 0 Å². The van der Waals surface area contributed by atoms with Crippen molar-refractivity contribution in [3.63, 3.8) is 0 Å². The molecule has 1 unspecified atom stereocenters. The molecule has 20 heavy (non-hydrogen) atoms. The molecule has 1 heterocycles. The molecule has 0 amide bonds. The van der Waals surface area contributed by atoms with Gasteiger partial charge in [-0.3, -0.25) is 19.8 Å². The summed E-state index contributed by atoms with van der Waals surface area (Å²) in [4.78, 5) is 23.0. The average Bonchev–Trinajstić information content (AvgIpc) is 2.41. The number of carboxylic acids is 1. The van der Waals surface area contributed by atoms with E-state index in [4.69, 9.17) is 5.11 Å². The molecule has 1 N–H and O–H groups in total. The molecule has 1 aliphatic rings. The van der Waals surface area contributed by atoms with E-state index in [9.17, 15) is 19.3 Å². The van der Waals surface area contributed by atoms with Crippen LogP contribution in [0.25, 0.3) is 0 Å². The van der Waals surface area contributed by atoms with Gasteiger partial charge in [-0.2, -0.15) is 0 Å². The van der Waals surface area contributed by atoms with Crippen LogP contribution in [0.1, 0.15) is 18.4 Å². The summed E-state index contributed by atoms with van der Waals surface area (Å²) < 4.78 is 13.8. The number of benzene rings is 1. The summed E-state index contributed by atoms with van der Waals surface area (Å²) in [7, 11) is 0. The van der Waals surface area contributed by atoms with E-state index >= 15 is 0 Å². The van der Waals surface area contributed by atoms with Gasteiger partial charge in [0, 0.05) is 19.2 Å². The topological polar surface area (TPSA) is 83.7 Å². The Kier molecular flexibility index (Phi) is 4.29. The normalized spacial score (nSPS) is 19.8. The Morgan fingerprint density at radius 3 is 2.95 bits per heavy atom. The molecule has 1 saturated heterocycles. The number of rotatable bonds is 4. The lowest BCUT2D eigenvalue weighted by Crippen LogP contribution is -2.38. The minimum Gasteiger partial charge on any atom is -0.481 e. The van der Waals surface area contributed by atoms with Gasteiger partial charge >= 0.3 is 5.97 Å². The van der Waals surface area contributed by atoms with Crippen molar-refractivity contribution >= 4 is 11.7 Å². The van der Waals surface area contributed by atoms with Crippen LogP contribution in [0, 0.1) is 21.8 Å². The Morgan fingerprint density at radius 1 is 1.55 bits per heavy atom. The van der Waals surface area contributed by atoms with Crippen LogP contribution < -0.4 is 0 Å². The Balaban J connectivity index is 2.17. The Hall–Kier alpha value is -2.02. The third kappa shape index (κ3) is 3.11. The van der Waals surface area contributed by atoms with Crippen LogP contribution in [-0.4, -0.2) is 34.0 Å². The van der Waals surface area contributed by atoms with E-state index in [0.717, 1.165) is 0 Å². The van der Waals surface area contributed by atoms with Gasteiger partial charge < -0.3 is 5.11 Å². The van der Waals surface area contributed by atoms with Gasteiger partial charge in [-0.05, 0) is 25.5 Å². The van der Waals surface area contributed by atoms with E-state index in [1.54, 1.807) is 4.90 Å². The van der Waals surface area contributed by atoms with E-state index in [0.29, 0.717) is 25.9 Å². The molecule has 1 aromatic rings. The molecule has 6 nitrogen and oxygen atoms in total. The van der Waals surface area contributed by atoms with Crippen molar-refractivity contribution in [2.24, 2.45) is 5.92 Å². The van der Waals surface area contributed by atoms with Crippen molar-refractivity contribution in [2.75, 3.05) is 13.1 Å². The monoisotopic (exact) mass is 282 g/mol. The van der Waals surface area contributed by atoms with Gasteiger partial charge in [0.15, 0.2) is 0 Å². The Labute approximate surface area is 115 Å². The number of carbonyl (C=O) groups is 1. The summed E-state index contributed by atoms with van der Waals surface area (Å²) in [6.45, 7) is 0.975. The summed E-state index contributed by atoms with van der Waals surface area (Å²) in [6, 6.07) is 3.74. The first-order valence-electron chi connectivity index (χ1n) is 6.36. The fourth-order valence-corrected chi connectivity index (χ4v) is 2.50. The van der Waals surface area contributed by atoms with Crippen molar-refractivity contribution in [1.29, 1.82) is 0 Å². The fraction of sp³-hybridized carbons (Fsp3) is 0.462. The van der Waals surface area contributed by atoms with Crippen LogP contribution >= 0.6 is 0 Å². The second kappa shape index (κ2) is 5.96. The maximum atomic E-state index is 13.8. The third-order valence-corrected chi connectivity index (χ3v) is 3.53. The van der Waals surface area contributed by atoms with Gasteiger partial charge in [0.2, 0.25) is 0 Å². The highest BCUT2D eigenvalue weighted by molar-refractivity contribution is 5.70. The van der Waals surface area contributed by atoms with Crippen LogP contribution in [0.2, 0.25) is 0 Å². The predicted molar refractivity (Wildman–Crippen MR) is 68.7 cm³/mol. The number of likely N-dealkylation sites (tertiary alicyclic amines) is 1. The predicted octanol–water partition coefficient (Wildman–Crippen LogP) is 2.03. The Bertz CT molecular complexity index is 535. The molecule has 0 bridgehead atoms. The van der Waals surface area contributed by atoms with E-state index in [1.165, 1.54) is 18.2 Å². The molecule has 1 aromatic carbocycles. The molecule has 2 rings (SSSR count). The summed E-state index contributed by atoms with van der Waals surface area (Å²) in [6.07, 6.45) is 1.28. The molecular weight excluding hydrogens is 267 g/mol. The number of halogens is 1. The zero-order valence-corrected chi connectivity index (χ0v) is 10.8. The molecule has 1 aliphatic heterocycles. The number of aliphatic carboxylic acids is 1. The minimum atomic E-state index is -0.877. The standard InChI is InChI=1S/C13H15FN2O4/c14-11-4-1-5-12(16(19)20)10(11)8-15-6-2-3-9(7-15)13(17)18/h1,4-5,9H,2-3,6-8H2,(H,17,18). The van der Waals surface area contributed by atoms with Crippen molar-refractivity contribution in [2.45, 2.75) is 19.4 Å². The molecule has 7 heteroatoms. The molecule has 0 aromatic heterocycles. The molecule has 1 atom stereocenters. The lowest BCUT2D eigenvalue weighted by Gasteiger charge is -2.30. The molecule has 1 fully saturated rings. The minimum absolute atomic E-state index is 0.0172. The quantitative estimate of drug-likeness (QED) is 0.674. The van der Waals surface area contributed by atoms with Gasteiger partial charge in [0.1, 0.15) is 5.82 Å². The number of hydrogen-bond acceptors (Lipinski definition) is 4. The first kappa shape index (κ1) is 14.4. The number of piperidine rings is 1. The number of nitro benzene ring substituents is 1. The zero-order valence-electron chi connectivity index (χ0n) is 10.8. The SMILES string of the molecule is O=C(O)C1CCCN(Cc2c(F)cccc2[N+](=O)[O-])C1. The molecule has 0 spiro atoms. The second-order valence-electron chi connectivity index (χ2n) is 4.91. The molecule has 0 aliphatic carbocycles. The molecule has 0 radical (unpaired) electrons. The van der Waals surface area contributed by atoms with Crippen LogP contribution in [0.3, 0.4) is 0 Å². The van der Waals surface area contributed by atoms with Gasteiger partial charge in [0.25, 0.3) is 5.69 Å². The largest absolute Gasteiger partial charge is 0.481 e. The zero-order chi connectivity index (χ0) is 14.7. The van der Waals surface area contributed by atoms with E-state index in [1.807, 2.05) is 0 Å². The number of carboxylic acid groups (broad SMARTS) is 1. The Morgan fingerprint density at radius 2 is 2.30 bits per heavy atom. The first-order chi connectivity index (χ1) is 9.49. The third-order valence-electron chi connectivity index (χ3n) is 3.53. The maximum absolute atomic E-state index is 13.8. The highest BCUT2D eigenvalue weighted by atomic mass is 19.1. The van der Waals surface area contributed by atoms with Gasteiger partial charge in [0.05, 0.1) is 16.4 Å². The van der Waals surface area contributed by atoms with E-state index in [2.05, 4.69) is 0 Å². The second-order valence-corrected chi connectivity index (χ2v) is 4.91. The molecule has 0 saturated carbocycles.